The van der Waals surface area contributed by atoms with E-state index in [-0.39, 0.29) is 0 Å². The van der Waals surface area contributed by atoms with Gasteiger partial charge < -0.3 is 9.30 Å². The molecule has 1 saturated heterocycles. The molecule has 1 atom stereocenters. The van der Waals surface area contributed by atoms with E-state index in [0.717, 1.165) is 43.1 Å². The molecule has 0 radical (unpaired) electrons. The Morgan fingerprint density at radius 3 is 2.89 bits per heavy atom. The van der Waals surface area contributed by atoms with E-state index in [1.807, 2.05) is 18.6 Å². The standard InChI is InChI=1S/C21H20N4OS/c1-2-5-15(6-3-1)20-21(16-8-9-26-13-16)25(14-22-20)12-17-11-23-24-19(17)18-7-4-10-27-18/h1-7,10-11,14,16H,8-9,12-13H2,(H,23,24)/t16-/m0/s1. The minimum atomic E-state index is 0.375. The molecule has 27 heavy (non-hydrogen) atoms. The van der Waals surface area contributed by atoms with Crippen LogP contribution in [0, 0.1) is 0 Å². The van der Waals surface area contributed by atoms with Gasteiger partial charge in [0.25, 0.3) is 0 Å². The number of H-pyrrole nitrogens is 1. The van der Waals surface area contributed by atoms with Crippen LogP contribution in [-0.4, -0.2) is 33.0 Å². The van der Waals surface area contributed by atoms with Gasteiger partial charge in [0.1, 0.15) is 0 Å². The highest BCUT2D eigenvalue weighted by Gasteiger charge is 2.26. The van der Waals surface area contributed by atoms with Crippen molar-refractivity contribution < 1.29 is 4.74 Å². The van der Waals surface area contributed by atoms with Gasteiger partial charge in [-0.05, 0) is 17.9 Å². The van der Waals surface area contributed by atoms with Crippen LogP contribution in [-0.2, 0) is 11.3 Å². The normalized spacial score (nSPS) is 16.8. The number of aromatic nitrogens is 4. The van der Waals surface area contributed by atoms with Crippen LogP contribution in [0.4, 0.5) is 0 Å². The molecule has 5 nitrogen and oxygen atoms in total. The molecular formula is C21H20N4OS. The van der Waals surface area contributed by atoms with Crippen LogP contribution in [0.5, 0.6) is 0 Å². The van der Waals surface area contributed by atoms with Crippen LogP contribution >= 0.6 is 11.3 Å². The lowest BCUT2D eigenvalue weighted by Gasteiger charge is -2.15. The number of benzene rings is 1. The zero-order chi connectivity index (χ0) is 18.1. The molecule has 5 rings (SSSR count). The van der Waals surface area contributed by atoms with E-state index in [2.05, 4.69) is 56.5 Å². The second kappa shape index (κ2) is 7.13. The van der Waals surface area contributed by atoms with Crippen molar-refractivity contribution >= 4 is 11.3 Å². The summed E-state index contributed by atoms with van der Waals surface area (Å²) in [6, 6.07) is 14.6. The molecule has 1 N–H and O–H groups in total. The topological polar surface area (TPSA) is 55.7 Å². The second-order valence-corrected chi connectivity index (χ2v) is 7.73. The molecule has 0 bridgehead atoms. The van der Waals surface area contributed by atoms with Crippen LogP contribution in [0.3, 0.4) is 0 Å². The highest BCUT2D eigenvalue weighted by molar-refractivity contribution is 7.13. The molecule has 4 heterocycles. The molecule has 0 unspecified atom stereocenters. The molecule has 0 amide bonds. The van der Waals surface area contributed by atoms with Crippen LogP contribution in [0.15, 0.2) is 60.4 Å². The SMILES string of the molecule is c1ccc(-c2ncn(Cc3cn[nH]c3-c3cccs3)c2[C@H]2CCOC2)cc1. The number of aromatic amines is 1. The number of nitrogens with zero attached hydrogens (tertiary/aromatic N) is 3. The van der Waals surface area contributed by atoms with Crippen molar-refractivity contribution in [2.45, 2.75) is 18.9 Å². The van der Waals surface area contributed by atoms with E-state index >= 15 is 0 Å². The van der Waals surface area contributed by atoms with Crippen LogP contribution in [0.25, 0.3) is 21.8 Å². The van der Waals surface area contributed by atoms with Crippen molar-refractivity contribution in [2.75, 3.05) is 13.2 Å². The van der Waals surface area contributed by atoms with Gasteiger partial charge in [-0.15, -0.1) is 11.3 Å². The van der Waals surface area contributed by atoms with E-state index < -0.39 is 0 Å². The molecule has 0 aliphatic carbocycles. The first-order chi connectivity index (χ1) is 13.4. The first-order valence-corrected chi connectivity index (χ1v) is 10.0. The lowest BCUT2D eigenvalue weighted by molar-refractivity contribution is 0.193. The van der Waals surface area contributed by atoms with Gasteiger partial charge in [-0.1, -0.05) is 36.4 Å². The van der Waals surface area contributed by atoms with Crippen LogP contribution in [0.1, 0.15) is 23.6 Å². The average molecular weight is 376 g/mol. The summed E-state index contributed by atoms with van der Waals surface area (Å²) in [7, 11) is 0. The quantitative estimate of drug-likeness (QED) is 0.556. The summed E-state index contributed by atoms with van der Waals surface area (Å²) >= 11 is 1.72. The zero-order valence-electron chi connectivity index (χ0n) is 14.8. The van der Waals surface area contributed by atoms with E-state index in [1.54, 1.807) is 11.3 Å². The predicted octanol–water partition coefficient (Wildman–Crippen LogP) is 4.55. The first kappa shape index (κ1) is 16.5. The summed E-state index contributed by atoms with van der Waals surface area (Å²) in [6.07, 6.45) is 4.92. The van der Waals surface area contributed by atoms with Crippen molar-refractivity contribution in [1.82, 2.24) is 19.7 Å². The van der Waals surface area contributed by atoms with Gasteiger partial charge in [0.15, 0.2) is 0 Å². The molecule has 1 aliphatic heterocycles. The number of hydrogen-bond donors (Lipinski definition) is 1. The van der Waals surface area contributed by atoms with Gasteiger partial charge in [-0.2, -0.15) is 5.10 Å². The number of imidazole rings is 1. The molecule has 1 aromatic carbocycles. The Bertz CT molecular complexity index is 1010. The predicted molar refractivity (Wildman–Crippen MR) is 107 cm³/mol. The van der Waals surface area contributed by atoms with Gasteiger partial charge in [-0.3, -0.25) is 5.10 Å². The third kappa shape index (κ3) is 3.11. The van der Waals surface area contributed by atoms with Crippen molar-refractivity contribution in [3.63, 3.8) is 0 Å². The molecule has 1 fully saturated rings. The Morgan fingerprint density at radius 2 is 2.11 bits per heavy atom. The van der Waals surface area contributed by atoms with Gasteiger partial charge in [0, 0.05) is 23.7 Å². The van der Waals surface area contributed by atoms with Gasteiger partial charge in [0.2, 0.25) is 0 Å². The molecule has 136 valence electrons. The summed E-state index contributed by atoms with van der Waals surface area (Å²) in [6.45, 7) is 2.32. The van der Waals surface area contributed by atoms with Crippen molar-refractivity contribution in [3.05, 3.63) is 71.6 Å². The fourth-order valence-corrected chi connectivity index (χ4v) is 4.52. The van der Waals surface area contributed by atoms with Gasteiger partial charge in [-0.25, -0.2) is 4.98 Å². The van der Waals surface area contributed by atoms with E-state index in [4.69, 9.17) is 9.72 Å². The molecule has 0 spiro atoms. The van der Waals surface area contributed by atoms with Crippen molar-refractivity contribution in [3.8, 4) is 21.8 Å². The van der Waals surface area contributed by atoms with E-state index in [9.17, 15) is 0 Å². The lowest BCUT2D eigenvalue weighted by atomic mass is 9.99. The highest BCUT2D eigenvalue weighted by atomic mass is 32.1. The Labute approximate surface area is 161 Å². The Morgan fingerprint density at radius 1 is 1.19 bits per heavy atom. The second-order valence-electron chi connectivity index (χ2n) is 6.78. The van der Waals surface area contributed by atoms with Crippen molar-refractivity contribution in [2.24, 2.45) is 0 Å². The molecule has 6 heteroatoms. The number of hydrogen-bond acceptors (Lipinski definition) is 4. The lowest BCUT2D eigenvalue weighted by Crippen LogP contribution is -2.10. The fourth-order valence-electron chi connectivity index (χ4n) is 3.76. The monoisotopic (exact) mass is 376 g/mol. The fraction of sp³-hybridized carbons (Fsp3) is 0.238. The Kier molecular flexibility index (Phi) is 4.35. The molecule has 0 saturated carbocycles. The van der Waals surface area contributed by atoms with Gasteiger partial charge in [0.05, 0.1) is 47.6 Å². The molecule has 3 aromatic heterocycles. The maximum Gasteiger partial charge on any atom is 0.0959 e. The average Bonchev–Trinajstić information content (AvgIpc) is 3.48. The number of ether oxygens (including phenoxy) is 1. The number of rotatable bonds is 5. The largest absolute Gasteiger partial charge is 0.381 e. The smallest absolute Gasteiger partial charge is 0.0959 e. The number of nitrogens with one attached hydrogen (secondary N) is 1. The van der Waals surface area contributed by atoms with Crippen molar-refractivity contribution in [1.29, 1.82) is 0 Å². The third-order valence-corrected chi connectivity index (χ3v) is 5.96. The van der Waals surface area contributed by atoms with E-state index in [1.165, 1.54) is 16.1 Å². The minimum absolute atomic E-state index is 0.375. The third-order valence-electron chi connectivity index (χ3n) is 5.07. The summed E-state index contributed by atoms with van der Waals surface area (Å²) < 4.78 is 7.95. The maximum atomic E-state index is 5.69. The van der Waals surface area contributed by atoms with E-state index in [0.29, 0.717) is 5.92 Å². The maximum absolute atomic E-state index is 5.69. The Balaban J connectivity index is 1.55. The number of thiophene rings is 1. The minimum Gasteiger partial charge on any atom is -0.381 e. The Hall–Kier alpha value is -2.70. The summed E-state index contributed by atoms with van der Waals surface area (Å²) in [4.78, 5) is 5.99. The molecular weight excluding hydrogens is 356 g/mol. The first-order valence-electron chi connectivity index (χ1n) is 9.14. The molecule has 1 aliphatic rings. The van der Waals surface area contributed by atoms with Crippen LogP contribution < -0.4 is 0 Å². The highest BCUT2D eigenvalue weighted by Crippen LogP contribution is 2.34. The van der Waals surface area contributed by atoms with Crippen LogP contribution in [0.2, 0.25) is 0 Å². The summed E-state index contributed by atoms with van der Waals surface area (Å²) in [5.74, 6) is 0.375. The van der Waals surface area contributed by atoms with Gasteiger partial charge >= 0.3 is 0 Å². The summed E-state index contributed by atoms with van der Waals surface area (Å²) in [5.41, 5.74) is 5.75. The molecule has 4 aromatic rings. The summed E-state index contributed by atoms with van der Waals surface area (Å²) in [5, 5.41) is 9.54. The zero-order valence-corrected chi connectivity index (χ0v) is 15.7.